The number of carbonyl (C=O) groups is 1. The minimum Gasteiger partial charge on any atom is -0.327 e. The average molecular weight is 156 g/mol. The summed E-state index contributed by atoms with van der Waals surface area (Å²) in [4.78, 5) is 12.3. The first-order valence-electron chi connectivity index (χ1n) is 4.15. The van der Waals surface area contributed by atoms with Crippen molar-refractivity contribution >= 4 is 6.29 Å². The molecule has 1 saturated heterocycles. The number of piperidine rings is 1. The number of likely N-dealkylation sites (tertiary alicyclic amines) is 1. The van der Waals surface area contributed by atoms with Gasteiger partial charge in [-0.1, -0.05) is 6.92 Å². The lowest BCUT2D eigenvalue weighted by Gasteiger charge is -2.33. The molecular weight excluding hydrogens is 140 g/mol. The first-order valence-corrected chi connectivity index (χ1v) is 4.15. The molecule has 1 aliphatic rings. The van der Waals surface area contributed by atoms with E-state index in [1.54, 1.807) is 0 Å². The summed E-state index contributed by atoms with van der Waals surface area (Å²) in [5, 5.41) is 0. The van der Waals surface area contributed by atoms with E-state index >= 15 is 0 Å². The van der Waals surface area contributed by atoms with Crippen LogP contribution < -0.4 is 5.73 Å². The van der Waals surface area contributed by atoms with Gasteiger partial charge in [0.05, 0.1) is 6.54 Å². The first kappa shape index (κ1) is 8.68. The SMILES string of the molecule is CC1CN(CC=O)CCC1N. The molecule has 0 radical (unpaired) electrons. The zero-order valence-electron chi connectivity index (χ0n) is 6.99. The first-order chi connectivity index (χ1) is 5.24. The second-order valence-electron chi connectivity index (χ2n) is 3.36. The van der Waals surface area contributed by atoms with E-state index in [0.29, 0.717) is 18.5 Å². The Balaban J connectivity index is 2.33. The summed E-state index contributed by atoms with van der Waals surface area (Å²) >= 11 is 0. The molecule has 1 fully saturated rings. The summed E-state index contributed by atoms with van der Waals surface area (Å²) in [5.74, 6) is 0.531. The molecule has 2 atom stereocenters. The molecule has 0 amide bonds. The molecule has 0 aromatic carbocycles. The summed E-state index contributed by atoms with van der Waals surface area (Å²) in [5.41, 5.74) is 5.82. The van der Waals surface area contributed by atoms with E-state index in [9.17, 15) is 4.79 Å². The van der Waals surface area contributed by atoms with Gasteiger partial charge in [0, 0.05) is 19.1 Å². The highest BCUT2D eigenvalue weighted by atomic mass is 16.1. The van der Waals surface area contributed by atoms with Crippen molar-refractivity contribution in [3.8, 4) is 0 Å². The average Bonchev–Trinajstić information content (AvgIpc) is 1.98. The number of nitrogens with two attached hydrogens (primary N) is 1. The lowest BCUT2D eigenvalue weighted by Crippen LogP contribution is -2.46. The van der Waals surface area contributed by atoms with Crippen molar-refractivity contribution in [3.05, 3.63) is 0 Å². The zero-order chi connectivity index (χ0) is 8.27. The van der Waals surface area contributed by atoms with E-state index < -0.39 is 0 Å². The summed E-state index contributed by atoms with van der Waals surface area (Å²) in [6.07, 6.45) is 1.98. The maximum Gasteiger partial charge on any atom is 0.133 e. The fourth-order valence-corrected chi connectivity index (χ4v) is 1.52. The Hall–Kier alpha value is -0.410. The highest BCUT2D eigenvalue weighted by molar-refractivity contribution is 5.51. The van der Waals surface area contributed by atoms with Gasteiger partial charge in [-0.15, -0.1) is 0 Å². The zero-order valence-corrected chi connectivity index (χ0v) is 6.99. The third kappa shape index (κ3) is 2.27. The number of hydrogen-bond donors (Lipinski definition) is 1. The molecule has 64 valence electrons. The standard InChI is InChI=1S/C8H16N2O/c1-7-6-10(4-5-11)3-2-8(7)9/h5,7-8H,2-4,6,9H2,1H3. The second kappa shape index (κ2) is 3.83. The monoisotopic (exact) mass is 156 g/mol. The Kier molecular flexibility index (Phi) is 3.02. The normalized spacial score (nSPS) is 33.6. The number of aldehydes is 1. The van der Waals surface area contributed by atoms with E-state index in [4.69, 9.17) is 5.73 Å². The van der Waals surface area contributed by atoms with Crippen LogP contribution in [0.4, 0.5) is 0 Å². The number of nitrogens with zero attached hydrogens (tertiary/aromatic N) is 1. The number of rotatable bonds is 2. The number of carbonyl (C=O) groups excluding carboxylic acids is 1. The van der Waals surface area contributed by atoms with Gasteiger partial charge in [-0.25, -0.2) is 0 Å². The lowest BCUT2D eigenvalue weighted by molar-refractivity contribution is -0.109. The topological polar surface area (TPSA) is 46.3 Å². The highest BCUT2D eigenvalue weighted by Crippen LogP contribution is 2.13. The molecule has 2 unspecified atom stereocenters. The molecule has 0 spiro atoms. The van der Waals surface area contributed by atoms with Gasteiger partial charge in [-0.05, 0) is 12.3 Å². The van der Waals surface area contributed by atoms with E-state index in [2.05, 4.69) is 11.8 Å². The minimum absolute atomic E-state index is 0.331. The van der Waals surface area contributed by atoms with Crippen LogP contribution in [0.2, 0.25) is 0 Å². The van der Waals surface area contributed by atoms with Crippen LogP contribution in [-0.4, -0.2) is 36.9 Å². The van der Waals surface area contributed by atoms with E-state index in [-0.39, 0.29) is 0 Å². The molecule has 1 aliphatic heterocycles. The van der Waals surface area contributed by atoms with Crippen LogP contribution >= 0.6 is 0 Å². The quantitative estimate of drug-likeness (QED) is 0.566. The molecule has 2 N–H and O–H groups in total. The largest absolute Gasteiger partial charge is 0.327 e. The van der Waals surface area contributed by atoms with Gasteiger partial charge in [0.15, 0.2) is 0 Å². The Morgan fingerprint density at radius 2 is 2.45 bits per heavy atom. The van der Waals surface area contributed by atoms with Crippen molar-refractivity contribution < 1.29 is 4.79 Å². The Morgan fingerprint density at radius 3 is 3.00 bits per heavy atom. The molecule has 0 aliphatic carbocycles. The summed E-state index contributed by atoms with van der Waals surface area (Å²) < 4.78 is 0. The van der Waals surface area contributed by atoms with Gasteiger partial charge in [-0.3, -0.25) is 4.90 Å². The molecule has 1 rings (SSSR count). The van der Waals surface area contributed by atoms with Crippen molar-refractivity contribution in [3.63, 3.8) is 0 Å². The third-order valence-electron chi connectivity index (χ3n) is 2.39. The highest BCUT2D eigenvalue weighted by Gasteiger charge is 2.22. The Morgan fingerprint density at radius 1 is 1.73 bits per heavy atom. The predicted octanol–water partition coefficient (Wildman–Crippen LogP) is -0.146. The molecule has 0 saturated carbocycles. The summed E-state index contributed by atoms with van der Waals surface area (Å²) in [6, 6.07) is 0.331. The summed E-state index contributed by atoms with van der Waals surface area (Å²) in [7, 11) is 0. The third-order valence-corrected chi connectivity index (χ3v) is 2.39. The fourth-order valence-electron chi connectivity index (χ4n) is 1.52. The Labute approximate surface area is 67.5 Å². The molecule has 3 heteroatoms. The molecule has 0 bridgehead atoms. The van der Waals surface area contributed by atoms with E-state index in [0.717, 1.165) is 25.8 Å². The predicted molar refractivity (Wildman–Crippen MR) is 44.3 cm³/mol. The van der Waals surface area contributed by atoms with E-state index in [1.807, 2.05) is 0 Å². The Bertz CT molecular complexity index is 138. The smallest absolute Gasteiger partial charge is 0.133 e. The maximum atomic E-state index is 10.2. The lowest BCUT2D eigenvalue weighted by atomic mass is 9.95. The van der Waals surface area contributed by atoms with Crippen molar-refractivity contribution in [2.75, 3.05) is 19.6 Å². The molecule has 0 aromatic rings. The van der Waals surface area contributed by atoms with E-state index in [1.165, 1.54) is 0 Å². The van der Waals surface area contributed by atoms with Crippen LogP contribution in [0.1, 0.15) is 13.3 Å². The van der Waals surface area contributed by atoms with Gasteiger partial charge >= 0.3 is 0 Å². The van der Waals surface area contributed by atoms with Crippen LogP contribution in [0, 0.1) is 5.92 Å². The van der Waals surface area contributed by atoms with Crippen LogP contribution in [0.25, 0.3) is 0 Å². The van der Waals surface area contributed by atoms with Gasteiger partial charge < -0.3 is 10.5 Å². The van der Waals surface area contributed by atoms with Crippen LogP contribution in [0.15, 0.2) is 0 Å². The van der Waals surface area contributed by atoms with Gasteiger partial charge in [0.2, 0.25) is 0 Å². The minimum atomic E-state index is 0.331. The van der Waals surface area contributed by atoms with Gasteiger partial charge in [-0.2, -0.15) is 0 Å². The molecule has 1 heterocycles. The second-order valence-corrected chi connectivity index (χ2v) is 3.36. The van der Waals surface area contributed by atoms with Gasteiger partial charge in [0.25, 0.3) is 0 Å². The number of hydrogen-bond acceptors (Lipinski definition) is 3. The van der Waals surface area contributed by atoms with Crippen LogP contribution in [-0.2, 0) is 4.79 Å². The van der Waals surface area contributed by atoms with Crippen LogP contribution in [0.3, 0.4) is 0 Å². The van der Waals surface area contributed by atoms with Crippen molar-refractivity contribution in [1.82, 2.24) is 4.90 Å². The maximum absolute atomic E-state index is 10.2. The fraction of sp³-hybridized carbons (Fsp3) is 0.875. The van der Waals surface area contributed by atoms with Crippen molar-refractivity contribution in [1.29, 1.82) is 0 Å². The molecule has 3 nitrogen and oxygen atoms in total. The molecule has 0 aromatic heterocycles. The van der Waals surface area contributed by atoms with Crippen molar-refractivity contribution in [2.45, 2.75) is 19.4 Å². The van der Waals surface area contributed by atoms with Crippen molar-refractivity contribution in [2.24, 2.45) is 11.7 Å². The summed E-state index contributed by atoms with van der Waals surface area (Å²) in [6.45, 7) is 4.66. The van der Waals surface area contributed by atoms with Crippen LogP contribution in [0.5, 0.6) is 0 Å². The molecule has 11 heavy (non-hydrogen) atoms. The molecular formula is C8H16N2O. The van der Waals surface area contributed by atoms with Gasteiger partial charge in [0.1, 0.15) is 6.29 Å².